The van der Waals surface area contributed by atoms with Crippen molar-refractivity contribution in [3.05, 3.63) is 59.4 Å². The zero-order valence-corrected chi connectivity index (χ0v) is 13.3. The largest absolute Gasteiger partial charge is 0.349 e. The minimum atomic E-state index is 0.0287. The maximum Gasteiger partial charge on any atom is 0.234 e. The number of fused-ring (bicyclic) bond motifs is 2. The van der Waals surface area contributed by atoms with E-state index in [1.807, 2.05) is 12.1 Å². The number of aromatic nitrogens is 3. The molecule has 3 aromatic rings. The van der Waals surface area contributed by atoms with Gasteiger partial charge < -0.3 is 5.32 Å². The van der Waals surface area contributed by atoms with Gasteiger partial charge in [-0.05, 0) is 29.7 Å². The number of aromatic amines is 1. The number of carbonyl (C=O) groups excluding carboxylic acids is 1. The second-order valence-corrected chi connectivity index (χ2v) is 6.08. The highest BCUT2D eigenvalue weighted by atomic mass is 16.2. The van der Waals surface area contributed by atoms with Crippen LogP contribution in [0.4, 0.5) is 0 Å². The SMILES string of the molecule is O=C(CN1CCc2ccccc2C1)NCc1[nH]nc2ncccc12. The minimum Gasteiger partial charge on any atom is -0.349 e. The lowest BCUT2D eigenvalue weighted by Crippen LogP contribution is -2.39. The van der Waals surface area contributed by atoms with Crippen LogP contribution in [0.3, 0.4) is 0 Å². The van der Waals surface area contributed by atoms with Crippen LogP contribution in [0, 0.1) is 0 Å². The summed E-state index contributed by atoms with van der Waals surface area (Å²) in [4.78, 5) is 18.6. The van der Waals surface area contributed by atoms with Crippen molar-refractivity contribution < 1.29 is 4.79 Å². The summed E-state index contributed by atoms with van der Waals surface area (Å²) in [7, 11) is 0. The number of carbonyl (C=O) groups is 1. The third kappa shape index (κ3) is 3.00. The molecule has 0 saturated carbocycles. The van der Waals surface area contributed by atoms with Crippen LogP contribution in [0.15, 0.2) is 42.6 Å². The first kappa shape index (κ1) is 14.8. The molecule has 0 spiro atoms. The van der Waals surface area contributed by atoms with Crippen molar-refractivity contribution >= 4 is 16.9 Å². The standard InChI is InChI=1S/C18H19N5O/c24-17(12-23-9-7-13-4-1-2-5-14(13)11-23)20-10-16-15-6-3-8-19-18(15)22-21-16/h1-6,8H,7,9-12H2,(H,20,24)(H,19,21,22). The third-order valence-corrected chi connectivity index (χ3v) is 4.45. The van der Waals surface area contributed by atoms with E-state index in [0.29, 0.717) is 18.7 Å². The molecular weight excluding hydrogens is 302 g/mol. The summed E-state index contributed by atoms with van der Waals surface area (Å²) < 4.78 is 0. The molecule has 2 aromatic heterocycles. The van der Waals surface area contributed by atoms with E-state index in [0.717, 1.165) is 30.6 Å². The first-order valence-corrected chi connectivity index (χ1v) is 8.13. The Morgan fingerprint density at radius 2 is 2.08 bits per heavy atom. The van der Waals surface area contributed by atoms with Crippen molar-refractivity contribution in [1.29, 1.82) is 0 Å². The van der Waals surface area contributed by atoms with Crippen LogP contribution in [-0.4, -0.2) is 39.1 Å². The molecule has 0 saturated heterocycles. The minimum absolute atomic E-state index is 0.0287. The zero-order chi connectivity index (χ0) is 16.4. The predicted molar refractivity (Wildman–Crippen MR) is 91.2 cm³/mol. The fourth-order valence-electron chi connectivity index (χ4n) is 3.17. The average molecular weight is 321 g/mol. The Labute approximate surface area is 139 Å². The summed E-state index contributed by atoms with van der Waals surface area (Å²) in [6, 6.07) is 12.3. The summed E-state index contributed by atoms with van der Waals surface area (Å²) in [6.45, 7) is 2.60. The van der Waals surface area contributed by atoms with Crippen molar-refractivity contribution in [2.75, 3.05) is 13.1 Å². The van der Waals surface area contributed by atoms with Gasteiger partial charge >= 0.3 is 0 Å². The molecular formula is C18H19N5O. The molecule has 0 radical (unpaired) electrons. The van der Waals surface area contributed by atoms with Gasteiger partial charge in [-0.1, -0.05) is 24.3 Å². The Hall–Kier alpha value is -2.73. The van der Waals surface area contributed by atoms with E-state index < -0.39 is 0 Å². The number of nitrogens with zero attached hydrogens (tertiary/aromatic N) is 3. The van der Waals surface area contributed by atoms with E-state index in [1.165, 1.54) is 11.1 Å². The van der Waals surface area contributed by atoms with E-state index in [9.17, 15) is 4.79 Å². The van der Waals surface area contributed by atoms with Gasteiger partial charge in [0.15, 0.2) is 5.65 Å². The fraction of sp³-hybridized carbons (Fsp3) is 0.278. The van der Waals surface area contributed by atoms with Crippen molar-refractivity contribution in [2.24, 2.45) is 0 Å². The zero-order valence-electron chi connectivity index (χ0n) is 13.3. The molecule has 0 aliphatic carbocycles. The maximum atomic E-state index is 12.3. The van der Waals surface area contributed by atoms with Crippen molar-refractivity contribution in [3.63, 3.8) is 0 Å². The van der Waals surface area contributed by atoms with E-state index in [4.69, 9.17) is 0 Å². The van der Waals surface area contributed by atoms with Crippen LogP contribution in [0.2, 0.25) is 0 Å². The van der Waals surface area contributed by atoms with Gasteiger partial charge in [0.2, 0.25) is 5.91 Å². The molecule has 2 N–H and O–H groups in total. The lowest BCUT2D eigenvalue weighted by Gasteiger charge is -2.28. The maximum absolute atomic E-state index is 12.3. The molecule has 0 unspecified atom stereocenters. The quantitative estimate of drug-likeness (QED) is 0.766. The van der Waals surface area contributed by atoms with Crippen molar-refractivity contribution in [2.45, 2.75) is 19.5 Å². The smallest absolute Gasteiger partial charge is 0.234 e. The second kappa shape index (κ2) is 6.41. The number of benzene rings is 1. The van der Waals surface area contributed by atoms with Crippen molar-refractivity contribution in [1.82, 2.24) is 25.4 Å². The number of H-pyrrole nitrogens is 1. The molecule has 3 heterocycles. The number of nitrogens with one attached hydrogen (secondary N) is 2. The van der Waals surface area contributed by atoms with Gasteiger partial charge in [-0.2, -0.15) is 5.10 Å². The summed E-state index contributed by atoms with van der Waals surface area (Å²) in [5.74, 6) is 0.0287. The molecule has 4 rings (SSSR count). The number of pyridine rings is 1. The highest BCUT2D eigenvalue weighted by molar-refractivity contribution is 5.80. The van der Waals surface area contributed by atoms with Crippen LogP contribution in [-0.2, 0) is 24.3 Å². The fourth-order valence-corrected chi connectivity index (χ4v) is 3.17. The Morgan fingerprint density at radius 1 is 1.21 bits per heavy atom. The van der Waals surface area contributed by atoms with E-state index in [1.54, 1.807) is 6.20 Å². The number of amides is 1. The monoisotopic (exact) mass is 321 g/mol. The van der Waals surface area contributed by atoms with Gasteiger partial charge in [-0.3, -0.25) is 14.8 Å². The Kier molecular flexibility index (Phi) is 3.96. The lowest BCUT2D eigenvalue weighted by molar-refractivity contribution is -0.122. The summed E-state index contributed by atoms with van der Waals surface area (Å²) >= 11 is 0. The Bertz CT molecular complexity index is 872. The van der Waals surface area contributed by atoms with Crippen LogP contribution < -0.4 is 5.32 Å². The summed E-state index contributed by atoms with van der Waals surface area (Å²) in [6.07, 6.45) is 2.71. The third-order valence-electron chi connectivity index (χ3n) is 4.45. The van der Waals surface area contributed by atoms with Crippen LogP contribution in [0.25, 0.3) is 11.0 Å². The van der Waals surface area contributed by atoms with Gasteiger partial charge in [0.25, 0.3) is 0 Å². The second-order valence-electron chi connectivity index (χ2n) is 6.08. The molecule has 0 bridgehead atoms. The van der Waals surface area contributed by atoms with Gasteiger partial charge in [-0.25, -0.2) is 4.98 Å². The van der Waals surface area contributed by atoms with Crippen LogP contribution in [0.1, 0.15) is 16.8 Å². The molecule has 1 amide bonds. The molecule has 1 aliphatic heterocycles. The Morgan fingerprint density at radius 3 is 3.00 bits per heavy atom. The summed E-state index contributed by atoms with van der Waals surface area (Å²) in [5, 5.41) is 11.0. The highest BCUT2D eigenvalue weighted by Gasteiger charge is 2.18. The molecule has 0 atom stereocenters. The van der Waals surface area contributed by atoms with E-state index in [2.05, 4.69) is 49.7 Å². The number of rotatable bonds is 4. The van der Waals surface area contributed by atoms with E-state index in [-0.39, 0.29) is 5.91 Å². The van der Waals surface area contributed by atoms with Gasteiger partial charge in [0.1, 0.15) is 0 Å². The number of hydrogen-bond donors (Lipinski definition) is 2. The normalized spacial score (nSPS) is 14.5. The molecule has 24 heavy (non-hydrogen) atoms. The molecule has 1 aromatic carbocycles. The predicted octanol–water partition coefficient (Wildman–Crippen LogP) is 1.63. The van der Waals surface area contributed by atoms with Crippen LogP contribution >= 0.6 is 0 Å². The van der Waals surface area contributed by atoms with Crippen molar-refractivity contribution in [3.8, 4) is 0 Å². The Balaban J connectivity index is 1.34. The van der Waals surface area contributed by atoms with Crippen LogP contribution in [0.5, 0.6) is 0 Å². The van der Waals surface area contributed by atoms with Gasteiger partial charge in [0.05, 0.1) is 18.8 Å². The number of hydrogen-bond acceptors (Lipinski definition) is 4. The first-order valence-electron chi connectivity index (χ1n) is 8.13. The highest BCUT2D eigenvalue weighted by Crippen LogP contribution is 2.18. The lowest BCUT2D eigenvalue weighted by atomic mass is 10.00. The molecule has 6 nitrogen and oxygen atoms in total. The average Bonchev–Trinajstić information content (AvgIpc) is 3.03. The molecule has 0 fully saturated rings. The summed E-state index contributed by atoms with van der Waals surface area (Å²) in [5.41, 5.74) is 4.28. The molecule has 1 aliphatic rings. The molecule has 6 heteroatoms. The topological polar surface area (TPSA) is 73.9 Å². The van der Waals surface area contributed by atoms with Gasteiger partial charge in [-0.15, -0.1) is 0 Å². The van der Waals surface area contributed by atoms with E-state index >= 15 is 0 Å². The van der Waals surface area contributed by atoms with Gasteiger partial charge in [0, 0.05) is 24.7 Å². The molecule has 122 valence electrons. The first-order chi connectivity index (χ1) is 11.8.